The molecule has 0 saturated heterocycles. The maximum Gasteiger partial charge on any atom is 0.407 e. The lowest BCUT2D eigenvalue weighted by molar-refractivity contribution is -0.140. The topological polar surface area (TPSA) is 75.6 Å². The van der Waals surface area contributed by atoms with Crippen LogP contribution >= 0.6 is 0 Å². The van der Waals surface area contributed by atoms with Gasteiger partial charge in [0, 0.05) is 6.54 Å². The van der Waals surface area contributed by atoms with Crippen LogP contribution in [-0.2, 0) is 9.53 Å². The molecule has 0 spiro atoms. The summed E-state index contributed by atoms with van der Waals surface area (Å²) in [6.07, 6.45) is 6.23. The van der Waals surface area contributed by atoms with Gasteiger partial charge in [-0.25, -0.2) is 9.59 Å². The third-order valence-electron chi connectivity index (χ3n) is 2.13. The van der Waals surface area contributed by atoms with E-state index in [1.165, 1.54) is 25.7 Å². The molecule has 2 N–H and O–H groups in total. The van der Waals surface area contributed by atoms with Crippen LogP contribution in [0.2, 0.25) is 0 Å². The van der Waals surface area contributed by atoms with E-state index >= 15 is 0 Å². The highest BCUT2D eigenvalue weighted by molar-refractivity contribution is 5.73. The maximum absolute atomic E-state index is 10.9. The van der Waals surface area contributed by atoms with Gasteiger partial charge in [-0.3, -0.25) is 0 Å². The SMILES string of the molecule is CCCCCCCCNC(=O)OCC(=O)O. The van der Waals surface area contributed by atoms with Gasteiger partial charge in [0.1, 0.15) is 0 Å². The number of ether oxygens (including phenoxy) is 1. The zero-order chi connectivity index (χ0) is 12.2. The molecule has 5 nitrogen and oxygen atoms in total. The molecule has 0 unspecified atom stereocenters. The highest BCUT2D eigenvalue weighted by atomic mass is 16.6. The second-order valence-electron chi connectivity index (χ2n) is 3.66. The predicted molar refractivity (Wildman–Crippen MR) is 60.4 cm³/mol. The van der Waals surface area contributed by atoms with Crippen LogP contribution in [0.1, 0.15) is 45.4 Å². The zero-order valence-electron chi connectivity index (χ0n) is 9.83. The van der Waals surface area contributed by atoms with Crippen molar-refractivity contribution in [1.29, 1.82) is 0 Å². The number of nitrogens with one attached hydrogen (secondary N) is 1. The fourth-order valence-electron chi connectivity index (χ4n) is 1.27. The minimum absolute atomic E-state index is 0.546. The Balaban J connectivity index is 3.18. The number of alkyl carbamates (subject to hydrolysis) is 1. The summed E-state index contributed by atoms with van der Waals surface area (Å²) in [5, 5.41) is 10.8. The maximum atomic E-state index is 10.9. The van der Waals surface area contributed by atoms with Crippen molar-refractivity contribution in [1.82, 2.24) is 5.32 Å². The van der Waals surface area contributed by atoms with Crippen LogP contribution in [0, 0.1) is 0 Å². The number of carbonyl (C=O) groups excluding carboxylic acids is 1. The van der Waals surface area contributed by atoms with Crippen molar-refractivity contribution in [2.75, 3.05) is 13.2 Å². The summed E-state index contributed by atoms with van der Waals surface area (Å²) >= 11 is 0. The Morgan fingerprint density at radius 3 is 2.38 bits per heavy atom. The number of carbonyl (C=O) groups is 2. The van der Waals surface area contributed by atoms with Gasteiger partial charge in [0.2, 0.25) is 0 Å². The van der Waals surface area contributed by atoms with Crippen molar-refractivity contribution >= 4 is 12.1 Å². The van der Waals surface area contributed by atoms with E-state index in [-0.39, 0.29) is 0 Å². The molecule has 94 valence electrons. The normalized spacial score (nSPS) is 9.81. The molecule has 5 heteroatoms. The smallest absolute Gasteiger partial charge is 0.407 e. The van der Waals surface area contributed by atoms with Gasteiger partial charge in [-0.15, -0.1) is 0 Å². The molecule has 0 atom stereocenters. The quantitative estimate of drug-likeness (QED) is 0.596. The van der Waals surface area contributed by atoms with E-state index < -0.39 is 18.7 Å². The lowest BCUT2D eigenvalue weighted by atomic mass is 10.1. The average molecular weight is 231 g/mol. The summed E-state index contributed by atoms with van der Waals surface area (Å²) in [6.45, 7) is 2.13. The highest BCUT2D eigenvalue weighted by Gasteiger charge is 2.03. The number of carboxylic acids is 1. The lowest BCUT2D eigenvalue weighted by Crippen LogP contribution is -2.27. The van der Waals surface area contributed by atoms with Gasteiger partial charge in [0.25, 0.3) is 0 Å². The zero-order valence-corrected chi connectivity index (χ0v) is 9.83. The largest absolute Gasteiger partial charge is 0.479 e. The minimum atomic E-state index is -1.14. The molecule has 0 aliphatic heterocycles. The van der Waals surface area contributed by atoms with Crippen LogP contribution in [0.5, 0.6) is 0 Å². The molecule has 0 fully saturated rings. The summed E-state index contributed by atoms with van der Waals surface area (Å²) in [6, 6.07) is 0. The monoisotopic (exact) mass is 231 g/mol. The molecule has 0 aliphatic carbocycles. The van der Waals surface area contributed by atoms with E-state index in [1.807, 2.05) is 0 Å². The second-order valence-corrected chi connectivity index (χ2v) is 3.66. The van der Waals surface area contributed by atoms with Gasteiger partial charge in [0.15, 0.2) is 6.61 Å². The van der Waals surface area contributed by atoms with Crippen LogP contribution in [0.3, 0.4) is 0 Å². The molecular weight excluding hydrogens is 210 g/mol. The average Bonchev–Trinajstić information content (AvgIpc) is 2.25. The Hall–Kier alpha value is -1.26. The van der Waals surface area contributed by atoms with Gasteiger partial charge in [-0.2, -0.15) is 0 Å². The van der Waals surface area contributed by atoms with Crippen LogP contribution in [0.4, 0.5) is 4.79 Å². The van der Waals surface area contributed by atoms with E-state index in [1.54, 1.807) is 0 Å². The molecule has 0 aliphatic rings. The number of hydrogen-bond donors (Lipinski definition) is 2. The Morgan fingerprint density at radius 2 is 1.75 bits per heavy atom. The number of unbranched alkanes of at least 4 members (excludes halogenated alkanes) is 5. The van der Waals surface area contributed by atoms with Crippen molar-refractivity contribution in [3.63, 3.8) is 0 Å². The Labute approximate surface area is 96.2 Å². The van der Waals surface area contributed by atoms with Crippen molar-refractivity contribution < 1.29 is 19.4 Å². The fourth-order valence-corrected chi connectivity index (χ4v) is 1.27. The minimum Gasteiger partial charge on any atom is -0.479 e. The third-order valence-corrected chi connectivity index (χ3v) is 2.13. The van der Waals surface area contributed by atoms with E-state index in [2.05, 4.69) is 17.0 Å². The Bertz CT molecular complexity index is 206. The molecule has 1 amide bonds. The van der Waals surface area contributed by atoms with Gasteiger partial charge >= 0.3 is 12.1 Å². The third kappa shape index (κ3) is 10.8. The molecule has 0 rings (SSSR count). The first-order valence-corrected chi connectivity index (χ1v) is 5.79. The standard InChI is InChI=1S/C11H21NO4/c1-2-3-4-5-6-7-8-12-11(15)16-9-10(13)14/h2-9H2,1H3,(H,12,15)(H,13,14). The molecule has 0 radical (unpaired) electrons. The predicted octanol–water partition coefficient (Wildman–Crippen LogP) is 2.16. The van der Waals surface area contributed by atoms with Crippen molar-refractivity contribution in [3.05, 3.63) is 0 Å². The number of rotatable bonds is 9. The van der Waals surface area contributed by atoms with Crippen LogP contribution < -0.4 is 5.32 Å². The molecule has 0 heterocycles. The first-order chi connectivity index (χ1) is 7.66. The summed E-state index contributed by atoms with van der Waals surface area (Å²) in [5.74, 6) is -1.14. The van der Waals surface area contributed by atoms with Gasteiger partial charge in [-0.05, 0) is 6.42 Å². The van der Waals surface area contributed by atoms with Crippen LogP contribution in [0.15, 0.2) is 0 Å². The van der Waals surface area contributed by atoms with Crippen molar-refractivity contribution in [3.8, 4) is 0 Å². The molecule has 0 aromatic heterocycles. The molecule has 0 saturated carbocycles. The number of carboxylic acid groups (broad SMARTS) is 1. The van der Waals surface area contributed by atoms with E-state index in [9.17, 15) is 9.59 Å². The molecule has 16 heavy (non-hydrogen) atoms. The first kappa shape index (κ1) is 14.7. The van der Waals surface area contributed by atoms with E-state index in [0.29, 0.717) is 6.54 Å². The van der Waals surface area contributed by atoms with Gasteiger partial charge in [0.05, 0.1) is 0 Å². The molecule has 0 aromatic rings. The summed E-state index contributed by atoms with van der Waals surface area (Å²) in [4.78, 5) is 21.0. The van der Waals surface area contributed by atoms with Crippen molar-refractivity contribution in [2.24, 2.45) is 0 Å². The summed E-state index contributed by atoms with van der Waals surface area (Å²) in [5.41, 5.74) is 0. The summed E-state index contributed by atoms with van der Waals surface area (Å²) < 4.78 is 4.40. The summed E-state index contributed by atoms with van der Waals surface area (Å²) in [7, 11) is 0. The van der Waals surface area contributed by atoms with Crippen molar-refractivity contribution in [2.45, 2.75) is 45.4 Å². The second kappa shape index (κ2) is 10.3. The molecule has 0 bridgehead atoms. The molecular formula is C11H21NO4. The van der Waals surface area contributed by atoms with Crippen LogP contribution in [0.25, 0.3) is 0 Å². The highest BCUT2D eigenvalue weighted by Crippen LogP contribution is 2.03. The number of amides is 1. The first-order valence-electron chi connectivity index (χ1n) is 5.79. The Morgan fingerprint density at radius 1 is 1.12 bits per heavy atom. The van der Waals surface area contributed by atoms with E-state index in [4.69, 9.17) is 5.11 Å². The molecule has 0 aromatic carbocycles. The van der Waals surface area contributed by atoms with Crippen LogP contribution in [-0.4, -0.2) is 30.3 Å². The number of hydrogen-bond acceptors (Lipinski definition) is 3. The van der Waals surface area contributed by atoms with E-state index in [0.717, 1.165) is 12.8 Å². The van der Waals surface area contributed by atoms with Gasteiger partial charge < -0.3 is 15.2 Å². The van der Waals surface area contributed by atoms with Gasteiger partial charge in [-0.1, -0.05) is 39.0 Å². The fraction of sp³-hybridized carbons (Fsp3) is 0.818. The Kier molecular flexibility index (Phi) is 9.46. The number of aliphatic carboxylic acids is 1. The lowest BCUT2D eigenvalue weighted by Gasteiger charge is -2.04.